The second kappa shape index (κ2) is 2.16. The Bertz CT molecular complexity index is 327. The van der Waals surface area contributed by atoms with Crippen molar-refractivity contribution in [2.24, 2.45) is 0 Å². The van der Waals surface area contributed by atoms with Crippen molar-refractivity contribution in [3.05, 3.63) is 28.9 Å². The number of hydrogen-bond donors (Lipinski definition) is 0. The van der Waals surface area contributed by atoms with Gasteiger partial charge in [-0.05, 0) is 26.3 Å². The van der Waals surface area contributed by atoms with Crippen molar-refractivity contribution in [1.29, 1.82) is 0 Å². The number of fused-ring (bicyclic) bond motifs is 1. The van der Waals surface area contributed by atoms with E-state index in [4.69, 9.17) is 0 Å². The Labute approximate surface area is 66.0 Å². The van der Waals surface area contributed by atoms with E-state index in [0.29, 0.717) is 0 Å². The molecule has 2 rings (SSSR count). The minimum Gasteiger partial charge on any atom is -0.238 e. The zero-order chi connectivity index (χ0) is 7.84. The van der Waals surface area contributed by atoms with Gasteiger partial charge in [-0.3, -0.25) is 0 Å². The Morgan fingerprint density at radius 2 is 2.09 bits per heavy atom. The lowest BCUT2D eigenvalue weighted by atomic mass is 10.2. The molecule has 0 unspecified atom stereocenters. The maximum atomic E-state index is 4.32. The van der Waals surface area contributed by atoms with E-state index in [0.717, 1.165) is 23.6 Å². The quantitative estimate of drug-likeness (QED) is 0.556. The molecule has 0 bridgehead atoms. The summed E-state index contributed by atoms with van der Waals surface area (Å²) in [6, 6.07) is 0. The van der Waals surface area contributed by atoms with E-state index in [1.807, 2.05) is 13.8 Å². The minimum atomic E-state index is 0.868. The van der Waals surface area contributed by atoms with Crippen LogP contribution in [0, 0.1) is 13.8 Å². The van der Waals surface area contributed by atoms with Gasteiger partial charge in [0.05, 0.1) is 5.69 Å². The molecule has 0 saturated carbocycles. The Morgan fingerprint density at radius 1 is 1.27 bits per heavy atom. The average molecular weight is 146 g/mol. The van der Waals surface area contributed by atoms with Crippen molar-refractivity contribution in [1.82, 2.24) is 9.97 Å². The smallest absolute Gasteiger partial charge is 0.126 e. The van der Waals surface area contributed by atoms with Gasteiger partial charge in [0.25, 0.3) is 0 Å². The number of aryl methyl sites for hydroxylation is 2. The van der Waals surface area contributed by atoms with Crippen LogP contribution in [0.3, 0.4) is 0 Å². The highest BCUT2D eigenvalue weighted by Crippen LogP contribution is 2.19. The van der Waals surface area contributed by atoms with Crippen LogP contribution in [0.15, 0.2) is 6.08 Å². The van der Waals surface area contributed by atoms with Gasteiger partial charge in [-0.2, -0.15) is 0 Å². The molecule has 0 aliphatic heterocycles. The van der Waals surface area contributed by atoms with Crippen LogP contribution in [0.5, 0.6) is 0 Å². The highest BCUT2D eigenvalue weighted by molar-refractivity contribution is 5.56. The molecular formula is C9H10N2. The first-order valence-corrected chi connectivity index (χ1v) is 3.78. The SMILES string of the molecule is Cc1nc(C)c2c(n1)C=CC2. The second-order valence-electron chi connectivity index (χ2n) is 2.83. The summed E-state index contributed by atoms with van der Waals surface area (Å²) in [4.78, 5) is 8.61. The van der Waals surface area contributed by atoms with Crippen LogP contribution in [-0.4, -0.2) is 9.97 Å². The average Bonchev–Trinajstić information content (AvgIpc) is 2.34. The van der Waals surface area contributed by atoms with Gasteiger partial charge in [-0.15, -0.1) is 0 Å². The summed E-state index contributed by atoms with van der Waals surface area (Å²) in [5.74, 6) is 0.868. The Kier molecular flexibility index (Phi) is 1.28. The molecule has 0 amide bonds. The van der Waals surface area contributed by atoms with Crippen LogP contribution in [-0.2, 0) is 6.42 Å². The van der Waals surface area contributed by atoms with Gasteiger partial charge in [-0.1, -0.05) is 6.08 Å². The lowest BCUT2D eigenvalue weighted by Crippen LogP contribution is -1.98. The van der Waals surface area contributed by atoms with E-state index in [1.165, 1.54) is 5.56 Å². The van der Waals surface area contributed by atoms with Gasteiger partial charge in [0.1, 0.15) is 5.82 Å². The molecule has 0 saturated heterocycles. The fraction of sp³-hybridized carbons (Fsp3) is 0.333. The monoisotopic (exact) mass is 146 g/mol. The van der Waals surface area contributed by atoms with Crippen LogP contribution >= 0.6 is 0 Å². The van der Waals surface area contributed by atoms with E-state index in [2.05, 4.69) is 22.1 Å². The minimum absolute atomic E-state index is 0.868. The number of aromatic nitrogens is 2. The van der Waals surface area contributed by atoms with Crippen molar-refractivity contribution < 1.29 is 0 Å². The van der Waals surface area contributed by atoms with E-state index >= 15 is 0 Å². The van der Waals surface area contributed by atoms with Gasteiger partial charge in [-0.25, -0.2) is 9.97 Å². The van der Waals surface area contributed by atoms with Crippen LogP contribution < -0.4 is 0 Å². The number of hydrogen-bond acceptors (Lipinski definition) is 2. The molecule has 0 spiro atoms. The van der Waals surface area contributed by atoms with E-state index in [1.54, 1.807) is 0 Å². The molecule has 1 heterocycles. The third kappa shape index (κ3) is 0.946. The molecule has 0 atom stereocenters. The molecule has 1 aromatic rings. The zero-order valence-corrected chi connectivity index (χ0v) is 6.76. The van der Waals surface area contributed by atoms with Gasteiger partial charge in [0.2, 0.25) is 0 Å². The van der Waals surface area contributed by atoms with E-state index in [-0.39, 0.29) is 0 Å². The first-order chi connectivity index (χ1) is 5.27. The van der Waals surface area contributed by atoms with Gasteiger partial charge in [0, 0.05) is 11.3 Å². The number of allylic oxidation sites excluding steroid dienone is 1. The first kappa shape index (κ1) is 6.53. The molecule has 1 aromatic heterocycles. The summed E-state index contributed by atoms with van der Waals surface area (Å²) in [6.45, 7) is 3.97. The third-order valence-electron chi connectivity index (χ3n) is 1.96. The Balaban J connectivity index is 2.66. The number of rotatable bonds is 0. The van der Waals surface area contributed by atoms with Gasteiger partial charge < -0.3 is 0 Å². The fourth-order valence-electron chi connectivity index (χ4n) is 1.44. The van der Waals surface area contributed by atoms with Crippen molar-refractivity contribution in [3.63, 3.8) is 0 Å². The van der Waals surface area contributed by atoms with Crippen molar-refractivity contribution in [3.8, 4) is 0 Å². The third-order valence-corrected chi connectivity index (χ3v) is 1.96. The lowest BCUT2D eigenvalue weighted by Gasteiger charge is -2.02. The molecule has 11 heavy (non-hydrogen) atoms. The Morgan fingerprint density at radius 3 is 2.91 bits per heavy atom. The lowest BCUT2D eigenvalue weighted by molar-refractivity contribution is 0.969. The molecule has 0 fully saturated rings. The predicted octanol–water partition coefficient (Wildman–Crippen LogP) is 1.66. The molecule has 56 valence electrons. The predicted molar refractivity (Wildman–Crippen MR) is 44.2 cm³/mol. The van der Waals surface area contributed by atoms with Crippen molar-refractivity contribution >= 4 is 6.08 Å². The molecule has 0 N–H and O–H groups in total. The molecular weight excluding hydrogens is 136 g/mol. The van der Waals surface area contributed by atoms with Gasteiger partial charge in [0.15, 0.2) is 0 Å². The maximum absolute atomic E-state index is 4.32. The van der Waals surface area contributed by atoms with E-state index in [9.17, 15) is 0 Å². The van der Waals surface area contributed by atoms with Gasteiger partial charge >= 0.3 is 0 Å². The summed E-state index contributed by atoms with van der Waals surface area (Å²) in [6.07, 6.45) is 5.20. The van der Waals surface area contributed by atoms with Crippen LogP contribution in [0.25, 0.3) is 6.08 Å². The standard InChI is InChI=1S/C9H10N2/c1-6-8-4-3-5-9(8)11-7(2)10-6/h3,5H,4H2,1-2H3. The largest absolute Gasteiger partial charge is 0.238 e. The topological polar surface area (TPSA) is 25.8 Å². The van der Waals surface area contributed by atoms with Crippen molar-refractivity contribution in [2.45, 2.75) is 20.3 Å². The zero-order valence-electron chi connectivity index (χ0n) is 6.76. The van der Waals surface area contributed by atoms with Crippen molar-refractivity contribution in [2.75, 3.05) is 0 Å². The molecule has 1 aliphatic carbocycles. The summed E-state index contributed by atoms with van der Waals surface area (Å²) >= 11 is 0. The molecule has 2 heteroatoms. The highest BCUT2D eigenvalue weighted by Gasteiger charge is 2.10. The summed E-state index contributed by atoms with van der Waals surface area (Å²) in [7, 11) is 0. The van der Waals surface area contributed by atoms with Crippen LogP contribution in [0.1, 0.15) is 22.8 Å². The molecule has 0 aromatic carbocycles. The molecule has 2 nitrogen and oxygen atoms in total. The fourth-order valence-corrected chi connectivity index (χ4v) is 1.44. The van der Waals surface area contributed by atoms with Crippen LogP contribution in [0.4, 0.5) is 0 Å². The first-order valence-electron chi connectivity index (χ1n) is 3.78. The summed E-state index contributed by atoms with van der Waals surface area (Å²) in [5.41, 5.74) is 3.52. The van der Waals surface area contributed by atoms with E-state index < -0.39 is 0 Å². The Hall–Kier alpha value is -1.18. The normalized spacial score (nSPS) is 13.6. The maximum Gasteiger partial charge on any atom is 0.126 e. The molecule has 0 radical (unpaired) electrons. The van der Waals surface area contributed by atoms with Crippen LogP contribution in [0.2, 0.25) is 0 Å². The summed E-state index contributed by atoms with van der Waals surface area (Å²) in [5, 5.41) is 0. The summed E-state index contributed by atoms with van der Waals surface area (Å²) < 4.78 is 0. The highest BCUT2D eigenvalue weighted by atomic mass is 14.9. The molecule has 1 aliphatic rings. The number of nitrogens with zero attached hydrogens (tertiary/aromatic N) is 2. The second-order valence-corrected chi connectivity index (χ2v) is 2.83.